The predicted octanol–water partition coefficient (Wildman–Crippen LogP) is 4.33. The second-order valence-corrected chi connectivity index (χ2v) is 9.02. The van der Waals surface area contributed by atoms with E-state index < -0.39 is 5.54 Å². The van der Waals surface area contributed by atoms with Gasteiger partial charge >= 0.3 is 6.03 Å². The number of urea groups is 1. The molecule has 0 bridgehead atoms. The predicted molar refractivity (Wildman–Crippen MR) is 154 cm³/mol. The number of terminal acetylenes is 1. The lowest BCUT2D eigenvalue weighted by atomic mass is 9.86. The molecular formula is C30H45N3O6. The number of allylic oxidation sites excluding steroid dienone is 1. The highest BCUT2D eigenvalue weighted by atomic mass is 16.5. The van der Waals surface area contributed by atoms with Crippen molar-refractivity contribution in [2.24, 2.45) is 0 Å². The normalized spacial score (nSPS) is 17.3. The summed E-state index contributed by atoms with van der Waals surface area (Å²) in [7, 11) is 8.19. The van der Waals surface area contributed by atoms with Gasteiger partial charge in [0.25, 0.3) is 5.91 Å². The molecule has 216 valence electrons. The lowest BCUT2D eigenvalue weighted by Crippen LogP contribution is -2.55. The minimum atomic E-state index is -0.796. The summed E-state index contributed by atoms with van der Waals surface area (Å²) in [4.78, 5) is 31.9. The van der Waals surface area contributed by atoms with E-state index >= 15 is 0 Å². The van der Waals surface area contributed by atoms with Gasteiger partial charge in [-0.2, -0.15) is 0 Å². The van der Waals surface area contributed by atoms with Crippen molar-refractivity contribution in [3.05, 3.63) is 47.2 Å². The monoisotopic (exact) mass is 543 g/mol. The highest BCUT2D eigenvalue weighted by Gasteiger charge is 2.56. The second kappa shape index (κ2) is 16.5. The summed E-state index contributed by atoms with van der Waals surface area (Å²) < 4.78 is 21.2. The van der Waals surface area contributed by atoms with E-state index in [1.165, 1.54) is 4.90 Å². The molecule has 2 heterocycles. The van der Waals surface area contributed by atoms with E-state index in [4.69, 9.17) is 18.9 Å². The molecule has 9 heteroatoms. The number of benzene rings is 1. The topological polar surface area (TPSA) is 80.8 Å². The van der Waals surface area contributed by atoms with Crippen molar-refractivity contribution in [3.63, 3.8) is 0 Å². The van der Waals surface area contributed by atoms with Gasteiger partial charge in [-0.25, -0.2) is 4.79 Å². The smallest absolute Gasteiger partial charge is 0.327 e. The van der Waals surface area contributed by atoms with Gasteiger partial charge in [-0.3, -0.25) is 14.6 Å². The lowest BCUT2D eigenvalue weighted by molar-refractivity contribution is -0.135. The van der Waals surface area contributed by atoms with Gasteiger partial charge in [0.1, 0.15) is 22.8 Å². The Morgan fingerprint density at radius 2 is 1.56 bits per heavy atom. The lowest BCUT2D eigenvalue weighted by Gasteiger charge is -2.40. The molecule has 0 aliphatic carbocycles. The molecule has 39 heavy (non-hydrogen) atoms. The average Bonchev–Trinajstić information content (AvgIpc) is 3.14. The standard InChI is InChI=1S/C26H37N3O6.C2H6.C2H2/c1-19(13-21(33-4)7-12-32-3)17-29-24(30)26(27(2)25(29)31)8-10-28(11-9-26)18-20-14-22(34-5)16-23(15-20)35-6;2*1-2/h7,13-16H,8-12,17-18H2,1-6H3;1-2H3;1-2H/b19-13+,21-7+;;. The van der Waals surface area contributed by atoms with Crippen LogP contribution in [-0.2, 0) is 20.8 Å². The molecule has 3 amide bonds. The van der Waals surface area contributed by atoms with Crippen molar-refractivity contribution in [2.75, 3.05) is 61.7 Å². The van der Waals surface area contributed by atoms with Crippen LogP contribution in [0.1, 0.15) is 39.2 Å². The van der Waals surface area contributed by atoms with Crippen molar-refractivity contribution in [3.8, 4) is 24.3 Å². The van der Waals surface area contributed by atoms with Gasteiger partial charge in [-0.15, -0.1) is 12.8 Å². The van der Waals surface area contributed by atoms with Gasteiger partial charge in [0.05, 0.1) is 34.5 Å². The molecule has 0 aromatic heterocycles. The summed E-state index contributed by atoms with van der Waals surface area (Å²) in [6.45, 7) is 8.66. The molecule has 2 fully saturated rings. The van der Waals surface area contributed by atoms with Crippen molar-refractivity contribution in [1.29, 1.82) is 0 Å². The maximum Gasteiger partial charge on any atom is 0.327 e. The number of carbonyl (C=O) groups is 2. The number of ether oxygens (including phenoxy) is 4. The van der Waals surface area contributed by atoms with Gasteiger partial charge in [-0.05, 0) is 55.2 Å². The molecule has 0 saturated carbocycles. The third-order valence-electron chi connectivity index (χ3n) is 6.79. The molecule has 0 atom stereocenters. The fourth-order valence-corrected chi connectivity index (χ4v) is 4.74. The number of rotatable bonds is 10. The summed E-state index contributed by atoms with van der Waals surface area (Å²) >= 11 is 0. The minimum absolute atomic E-state index is 0.125. The quantitative estimate of drug-likeness (QED) is 0.188. The number of amides is 3. The first-order valence-corrected chi connectivity index (χ1v) is 13.1. The van der Waals surface area contributed by atoms with Crippen molar-refractivity contribution in [1.82, 2.24) is 14.7 Å². The number of piperidine rings is 1. The fourth-order valence-electron chi connectivity index (χ4n) is 4.74. The molecular weight excluding hydrogens is 498 g/mol. The van der Waals surface area contributed by atoms with E-state index in [9.17, 15) is 9.59 Å². The van der Waals surface area contributed by atoms with Crippen LogP contribution in [0.2, 0.25) is 0 Å². The third-order valence-corrected chi connectivity index (χ3v) is 6.79. The average molecular weight is 544 g/mol. The number of likely N-dealkylation sites (tertiary alicyclic amines) is 1. The van der Waals surface area contributed by atoms with Gasteiger partial charge in [0, 0.05) is 39.9 Å². The fraction of sp³-hybridized carbons (Fsp3) is 0.533. The van der Waals surface area contributed by atoms with E-state index in [0.29, 0.717) is 44.8 Å². The largest absolute Gasteiger partial charge is 0.497 e. The van der Waals surface area contributed by atoms with Gasteiger partial charge < -0.3 is 23.8 Å². The molecule has 2 saturated heterocycles. The third kappa shape index (κ3) is 8.25. The van der Waals surface area contributed by atoms with Gasteiger partial charge in [0.2, 0.25) is 0 Å². The highest BCUT2D eigenvalue weighted by Crippen LogP contribution is 2.37. The highest BCUT2D eigenvalue weighted by molar-refractivity contribution is 6.07. The number of hydrogen-bond acceptors (Lipinski definition) is 7. The maximum atomic E-state index is 13.5. The first-order valence-electron chi connectivity index (χ1n) is 13.1. The first-order chi connectivity index (χ1) is 18.8. The van der Waals surface area contributed by atoms with Crippen LogP contribution >= 0.6 is 0 Å². The molecule has 9 nitrogen and oxygen atoms in total. The first kappa shape index (κ1) is 33.5. The number of nitrogens with zero attached hydrogens (tertiary/aromatic N) is 3. The van der Waals surface area contributed by atoms with E-state index in [0.717, 1.165) is 22.6 Å². The van der Waals surface area contributed by atoms with Crippen molar-refractivity contribution >= 4 is 11.9 Å². The zero-order valence-electron chi connectivity index (χ0n) is 24.8. The Labute approximate surface area is 234 Å². The zero-order chi connectivity index (χ0) is 29.6. The van der Waals surface area contributed by atoms with Crippen LogP contribution in [-0.4, -0.2) is 93.9 Å². The second-order valence-electron chi connectivity index (χ2n) is 9.02. The van der Waals surface area contributed by atoms with Crippen LogP contribution in [0.5, 0.6) is 11.5 Å². The van der Waals surface area contributed by atoms with Crippen LogP contribution in [0.15, 0.2) is 41.7 Å². The van der Waals surface area contributed by atoms with Crippen LogP contribution in [0, 0.1) is 12.8 Å². The maximum absolute atomic E-state index is 13.5. The Kier molecular flexibility index (Phi) is 14.2. The summed E-state index contributed by atoms with van der Waals surface area (Å²) in [5.41, 5.74) is 1.14. The SMILES string of the molecule is C#C.CC.COC/C=C(\C=C(/C)CN1C(=O)N(C)C2(CCN(Cc3cc(OC)cc(OC)c3)CC2)C1=O)OC. The van der Waals surface area contributed by atoms with Gasteiger partial charge in [0.15, 0.2) is 0 Å². The molecule has 1 spiro atoms. The van der Waals surface area contributed by atoms with Crippen molar-refractivity contribution < 1.29 is 28.5 Å². The van der Waals surface area contributed by atoms with E-state index in [-0.39, 0.29) is 18.5 Å². The molecule has 0 N–H and O–H groups in total. The van der Waals surface area contributed by atoms with E-state index in [1.807, 2.05) is 45.0 Å². The van der Waals surface area contributed by atoms with Gasteiger partial charge in [-0.1, -0.05) is 13.8 Å². The summed E-state index contributed by atoms with van der Waals surface area (Å²) in [5.74, 6) is 2.00. The number of carbonyl (C=O) groups excluding carboxylic acids is 2. The molecule has 2 aliphatic heterocycles. The number of hydrogen-bond donors (Lipinski definition) is 0. The number of likely N-dealkylation sites (N-methyl/N-ethyl adjacent to an activating group) is 1. The zero-order valence-corrected chi connectivity index (χ0v) is 24.8. The van der Waals surface area contributed by atoms with Crippen LogP contribution < -0.4 is 9.47 Å². The Hall–Kier alpha value is -3.48. The van der Waals surface area contributed by atoms with Crippen LogP contribution in [0.4, 0.5) is 4.79 Å². The summed E-state index contributed by atoms with van der Waals surface area (Å²) in [6.07, 6.45) is 12.8. The minimum Gasteiger partial charge on any atom is -0.497 e. The molecule has 0 unspecified atom stereocenters. The van der Waals surface area contributed by atoms with E-state index in [2.05, 4.69) is 17.7 Å². The number of imide groups is 1. The molecule has 0 radical (unpaired) electrons. The Balaban J connectivity index is 0.00000181. The Bertz CT molecular complexity index is 1000. The molecule has 3 rings (SSSR count). The number of methoxy groups -OCH3 is 4. The summed E-state index contributed by atoms with van der Waals surface area (Å²) in [5, 5.41) is 0. The Morgan fingerprint density at radius 3 is 2.05 bits per heavy atom. The van der Waals surface area contributed by atoms with E-state index in [1.54, 1.807) is 46.5 Å². The Morgan fingerprint density at radius 1 is 1.00 bits per heavy atom. The molecule has 1 aromatic rings. The molecule has 1 aromatic carbocycles. The molecule has 2 aliphatic rings. The summed E-state index contributed by atoms with van der Waals surface area (Å²) in [6, 6.07) is 5.58. The van der Waals surface area contributed by atoms with Crippen LogP contribution in [0.3, 0.4) is 0 Å². The van der Waals surface area contributed by atoms with Crippen molar-refractivity contribution in [2.45, 2.75) is 45.7 Å². The van der Waals surface area contributed by atoms with Crippen LogP contribution in [0.25, 0.3) is 0 Å².